The van der Waals surface area contributed by atoms with Gasteiger partial charge in [-0.3, -0.25) is 4.79 Å². The molecule has 1 aliphatic carbocycles. The molecular weight excluding hydrogens is 366 g/mol. The Hall–Kier alpha value is -3.13. The van der Waals surface area contributed by atoms with Gasteiger partial charge in [0.1, 0.15) is 0 Å². The molecule has 0 spiro atoms. The zero-order chi connectivity index (χ0) is 20.9. The fourth-order valence-corrected chi connectivity index (χ4v) is 5.07. The first-order valence-corrected chi connectivity index (χ1v) is 10.7. The third-order valence-corrected chi connectivity index (χ3v) is 6.39. The number of fused-ring (bicyclic) bond motifs is 4. The summed E-state index contributed by atoms with van der Waals surface area (Å²) in [5, 5.41) is 6.16. The Bertz CT molecular complexity index is 1210. The summed E-state index contributed by atoms with van der Waals surface area (Å²) in [6.45, 7) is 6.56. The molecule has 1 atom stereocenters. The van der Waals surface area contributed by atoms with E-state index in [9.17, 15) is 4.79 Å². The van der Waals surface area contributed by atoms with Gasteiger partial charge in [0.15, 0.2) is 5.78 Å². The summed E-state index contributed by atoms with van der Waals surface area (Å²) in [7, 11) is 0. The van der Waals surface area contributed by atoms with E-state index in [-0.39, 0.29) is 17.2 Å². The van der Waals surface area contributed by atoms with Crippen LogP contribution in [0, 0.1) is 5.41 Å². The SMILES string of the molecule is C/C(=C\c1ccccc1)[C@H]1Nc2ccc3ccccc3c2C2=C1C(=O)CC(C)(C)C2. The number of Topliss-reactive ketones (excluding diaryl/α,β-unsaturated/α-hetero) is 1. The third-order valence-electron chi connectivity index (χ3n) is 6.39. The van der Waals surface area contributed by atoms with Crippen LogP contribution in [-0.2, 0) is 4.79 Å². The summed E-state index contributed by atoms with van der Waals surface area (Å²) in [6.07, 6.45) is 3.72. The van der Waals surface area contributed by atoms with Crippen LogP contribution in [0.4, 0.5) is 5.69 Å². The zero-order valence-electron chi connectivity index (χ0n) is 17.8. The monoisotopic (exact) mass is 393 g/mol. The number of benzene rings is 3. The van der Waals surface area contributed by atoms with E-state index in [1.165, 1.54) is 27.5 Å². The normalized spacial score (nSPS) is 20.6. The average molecular weight is 394 g/mol. The Balaban J connectivity index is 1.73. The van der Waals surface area contributed by atoms with Gasteiger partial charge in [0.05, 0.1) is 6.04 Å². The number of anilines is 1. The number of rotatable bonds is 2. The Morgan fingerprint density at radius 3 is 2.50 bits per heavy atom. The van der Waals surface area contributed by atoms with E-state index in [0.29, 0.717) is 6.42 Å². The van der Waals surface area contributed by atoms with Crippen LogP contribution in [0.5, 0.6) is 0 Å². The van der Waals surface area contributed by atoms with Crippen molar-refractivity contribution in [2.75, 3.05) is 5.32 Å². The predicted molar refractivity (Wildman–Crippen MR) is 126 cm³/mol. The molecule has 0 saturated heterocycles. The van der Waals surface area contributed by atoms with Gasteiger partial charge in [-0.25, -0.2) is 0 Å². The van der Waals surface area contributed by atoms with Crippen molar-refractivity contribution in [3.8, 4) is 0 Å². The van der Waals surface area contributed by atoms with Gasteiger partial charge in [-0.1, -0.05) is 80.6 Å². The molecule has 2 nitrogen and oxygen atoms in total. The quantitative estimate of drug-likeness (QED) is 0.514. The van der Waals surface area contributed by atoms with Crippen molar-refractivity contribution in [3.63, 3.8) is 0 Å². The second-order valence-electron chi connectivity index (χ2n) is 9.42. The lowest BCUT2D eigenvalue weighted by atomic mass is 9.68. The molecule has 2 heteroatoms. The van der Waals surface area contributed by atoms with E-state index >= 15 is 0 Å². The van der Waals surface area contributed by atoms with Crippen LogP contribution in [0.1, 0.15) is 44.7 Å². The van der Waals surface area contributed by atoms with Gasteiger partial charge in [0.25, 0.3) is 0 Å². The Kier molecular flexibility index (Phi) is 4.39. The van der Waals surface area contributed by atoms with Crippen molar-refractivity contribution in [1.82, 2.24) is 0 Å². The third kappa shape index (κ3) is 3.17. The molecule has 30 heavy (non-hydrogen) atoms. The van der Waals surface area contributed by atoms with Gasteiger partial charge in [0, 0.05) is 23.2 Å². The molecule has 0 unspecified atom stereocenters. The summed E-state index contributed by atoms with van der Waals surface area (Å²) in [5.74, 6) is 0.276. The molecule has 0 bridgehead atoms. The minimum absolute atomic E-state index is 0.0247. The van der Waals surface area contributed by atoms with Crippen LogP contribution in [0.3, 0.4) is 0 Å². The van der Waals surface area contributed by atoms with Gasteiger partial charge >= 0.3 is 0 Å². The van der Waals surface area contributed by atoms with Gasteiger partial charge in [0.2, 0.25) is 0 Å². The highest BCUT2D eigenvalue weighted by molar-refractivity contribution is 6.13. The maximum absolute atomic E-state index is 13.4. The summed E-state index contributed by atoms with van der Waals surface area (Å²) < 4.78 is 0. The largest absolute Gasteiger partial charge is 0.374 e. The van der Waals surface area contributed by atoms with Gasteiger partial charge in [-0.05, 0) is 52.3 Å². The standard InChI is InChI=1S/C28H27NO/c1-18(15-19-9-5-4-6-10-19)27-26-22(16-28(2,3)17-24(26)30)25-21-12-8-7-11-20(21)13-14-23(25)29-27/h4-15,27,29H,16-17H2,1-3H3/b18-15+/t27-/m1/s1. The van der Waals surface area contributed by atoms with Crippen LogP contribution >= 0.6 is 0 Å². The van der Waals surface area contributed by atoms with Crippen LogP contribution in [0.15, 0.2) is 77.9 Å². The average Bonchev–Trinajstić information content (AvgIpc) is 2.72. The Morgan fingerprint density at radius 1 is 0.967 bits per heavy atom. The number of ketones is 1. The first kappa shape index (κ1) is 18.9. The fourth-order valence-electron chi connectivity index (χ4n) is 5.07. The van der Waals surface area contributed by atoms with Crippen LogP contribution < -0.4 is 5.32 Å². The molecule has 0 saturated carbocycles. The van der Waals surface area contributed by atoms with E-state index in [4.69, 9.17) is 0 Å². The maximum Gasteiger partial charge on any atom is 0.162 e. The molecule has 3 aromatic rings. The topological polar surface area (TPSA) is 29.1 Å². The fraction of sp³-hybridized carbons (Fsp3) is 0.250. The molecule has 0 aromatic heterocycles. The molecule has 0 amide bonds. The first-order valence-electron chi connectivity index (χ1n) is 10.7. The number of hydrogen-bond acceptors (Lipinski definition) is 2. The summed E-state index contributed by atoms with van der Waals surface area (Å²) in [5.41, 5.74) is 6.84. The summed E-state index contributed by atoms with van der Waals surface area (Å²) in [6, 6.07) is 23.1. The highest BCUT2D eigenvalue weighted by Crippen LogP contribution is 2.49. The van der Waals surface area contributed by atoms with Crippen molar-refractivity contribution in [3.05, 3.63) is 89.0 Å². The van der Waals surface area contributed by atoms with Crippen LogP contribution in [-0.4, -0.2) is 11.8 Å². The maximum atomic E-state index is 13.4. The second-order valence-corrected chi connectivity index (χ2v) is 9.42. The minimum Gasteiger partial charge on any atom is -0.374 e. The predicted octanol–water partition coefficient (Wildman–Crippen LogP) is 6.88. The molecule has 2 aliphatic rings. The lowest BCUT2D eigenvalue weighted by molar-refractivity contribution is -0.117. The molecular formula is C28H27NO. The van der Waals surface area contributed by atoms with Crippen molar-refractivity contribution in [2.45, 2.75) is 39.7 Å². The molecule has 1 heterocycles. The number of carbonyl (C=O) groups is 1. The smallest absolute Gasteiger partial charge is 0.162 e. The van der Waals surface area contributed by atoms with Gasteiger partial charge < -0.3 is 5.32 Å². The summed E-state index contributed by atoms with van der Waals surface area (Å²) >= 11 is 0. The van der Waals surface area contributed by atoms with E-state index in [1.54, 1.807) is 0 Å². The molecule has 5 rings (SSSR count). The van der Waals surface area contributed by atoms with Crippen molar-refractivity contribution >= 4 is 33.9 Å². The highest BCUT2D eigenvalue weighted by atomic mass is 16.1. The molecule has 3 aromatic carbocycles. The number of nitrogens with one attached hydrogen (secondary N) is 1. The number of allylic oxidation sites excluding steroid dienone is 1. The lowest BCUT2D eigenvalue weighted by Crippen LogP contribution is -2.37. The number of hydrogen-bond donors (Lipinski definition) is 1. The molecule has 1 N–H and O–H groups in total. The summed E-state index contributed by atoms with van der Waals surface area (Å²) in [4.78, 5) is 13.4. The van der Waals surface area contributed by atoms with Crippen LogP contribution in [0.25, 0.3) is 22.4 Å². The lowest BCUT2D eigenvalue weighted by Gasteiger charge is -2.40. The minimum atomic E-state index is -0.0857. The van der Waals surface area contributed by atoms with Crippen molar-refractivity contribution in [2.24, 2.45) is 5.41 Å². The highest BCUT2D eigenvalue weighted by Gasteiger charge is 2.40. The molecule has 1 aliphatic heterocycles. The Labute approximate surface area is 178 Å². The van der Waals surface area contributed by atoms with E-state index in [0.717, 1.165) is 23.2 Å². The molecule has 0 radical (unpaired) electrons. The van der Waals surface area contributed by atoms with Gasteiger partial charge in [-0.15, -0.1) is 0 Å². The number of carbonyl (C=O) groups excluding carboxylic acids is 1. The van der Waals surface area contributed by atoms with Crippen LogP contribution in [0.2, 0.25) is 0 Å². The van der Waals surface area contributed by atoms with E-state index in [1.807, 2.05) is 18.2 Å². The Morgan fingerprint density at radius 2 is 1.70 bits per heavy atom. The molecule has 0 fully saturated rings. The second kappa shape index (κ2) is 6.98. The molecule has 150 valence electrons. The van der Waals surface area contributed by atoms with Crippen molar-refractivity contribution in [1.29, 1.82) is 0 Å². The van der Waals surface area contributed by atoms with E-state index in [2.05, 4.69) is 80.7 Å². The van der Waals surface area contributed by atoms with E-state index < -0.39 is 0 Å². The van der Waals surface area contributed by atoms with Gasteiger partial charge in [-0.2, -0.15) is 0 Å². The van der Waals surface area contributed by atoms with Crippen molar-refractivity contribution < 1.29 is 4.79 Å². The first-order chi connectivity index (χ1) is 14.4. The zero-order valence-corrected chi connectivity index (χ0v) is 17.8.